The average molecular weight is 240 g/mol. The SMILES string of the molecule is O=Cc1cccc(OCCCc2ccccc2)c1. The third-order valence-electron chi connectivity index (χ3n) is 2.72. The second-order valence-corrected chi connectivity index (χ2v) is 4.13. The van der Waals surface area contributed by atoms with Crippen molar-refractivity contribution in [3.63, 3.8) is 0 Å². The molecule has 0 saturated heterocycles. The van der Waals surface area contributed by atoms with Crippen molar-refractivity contribution in [3.05, 3.63) is 65.7 Å². The van der Waals surface area contributed by atoms with Gasteiger partial charge in [-0.15, -0.1) is 0 Å². The molecule has 0 radical (unpaired) electrons. The lowest BCUT2D eigenvalue weighted by Gasteiger charge is -2.06. The van der Waals surface area contributed by atoms with Gasteiger partial charge in [0.25, 0.3) is 0 Å². The molecule has 2 aromatic rings. The van der Waals surface area contributed by atoms with E-state index in [-0.39, 0.29) is 0 Å². The molecule has 2 nitrogen and oxygen atoms in total. The minimum Gasteiger partial charge on any atom is -0.494 e. The van der Waals surface area contributed by atoms with E-state index in [0.717, 1.165) is 24.9 Å². The fourth-order valence-corrected chi connectivity index (χ4v) is 1.79. The van der Waals surface area contributed by atoms with Crippen LogP contribution in [0.3, 0.4) is 0 Å². The molecule has 0 aromatic heterocycles. The molecule has 0 unspecified atom stereocenters. The molecule has 0 fully saturated rings. The molecule has 0 aliphatic carbocycles. The van der Waals surface area contributed by atoms with Crippen LogP contribution in [0.2, 0.25) is 0 Å². The molecule has 2 rings (SSSR count). The van der Waals surface area contributed by atoms with Crippen LogP contribution in [0.25, 0.3) is 0 Å². The van der Waals surface area contributed by atoms with E-state index in [1.807, 2.05) is 30.3 Å². The molecule has 2 heteroatoms. The van der Waals surface area contributed by atoms with E-state index in [1.165, 1.54) is 5.56 Å². The quantitative estimate of drug-likeness (QED) is 0.570. The molecule has 0 heterocycles. The number of hydrogen-bond acceptors (Lipinski definition) is 2. The van der Waals surface area contributed by atoms with Crippen molar-refractivity contribution in [2.45, 2.75) is 12.8 Å². The summed E-state index contributed by atoms with van der Waals surface area (Å²) in [7, 11) is 0. The summed E-state index contributed by atoms with van der Waals surface area (Å²) in [4.78, 5) is 10.6. The third kappa shape index (κ3) is 3.74. The number of rotatable bonds is 6. The highest BCUT2D eigenvalue weighted by atomic mass is 16.5. The fraction of sp³-hybridized carbons (Fsp3) is 0.188. The zero-order valence-electron chi connectivity index (χ0n) is 10.2. The van der Waals surface area contributed by atoms with Gasteiger partial charge in [0, 0.05) is 5.56 Å². The van der Waals surface area contributed by atoms with Crippen LogP contribution in [-0.2, 0) is 6.42 Å². The molecule has 0 spiro atoms. The first-order valence-corrected chi connectivity index (χ1v) is 6.10. The Morgan fingerprint density at radius 2 is 1.83 bits per heavy atom. The normalized spacial score (nSPS) is 10.0. The highest BCUT2D eigenvalue weighted by Gasteiger charge is 1.96. The van der Waals surface area contributed by atoms with Gasteiger partial charge in [-0.05, 0) is 30.5 Å². The van der Waals surface area contributed by atoms with Gasteiger partial charge in [0.1, 0.15) is 12.0 Å². The van der Waals surface area contributed by atoms with E-state index in [1.54, 1.807) is 12.1 Å². The topological polar surface area (TPSA) is 26.3 Å². The summed E-state index contributed by atoms with van der Waals surface area (Å²) >= 11 is 0. The van der Waals surface area contributed by atoms with Crippen LogP contribution < -0.4 is 4.74 Å². The van der Waals surface area contributed by atoms with Gasteiger partial charge in [0.15, 0.2) is 0 Å². The molecular formula is C16H16O2. The summed E-state index contributed by atoms with van der Waals surface area (Å²) < 4.78 is 5.61. The fourth-order valence-electron chi connectivity index (χ4n) is 1.79. The van der Waals surface area contributed by atoms with Gasteiger partial charge in [-0.1, -0.05) is 42.5 Å². The van der Waals surface area contributed by atoms with Gasteiger partial charge in [0.2, 0.25) is 0 Å². The van der Waals surface area contributed by atoms with Crippen molar-refractivity contribution in [1.82, 2.24) is 0 Å². The molecule has 0 bridgehead atoms. The van der Waals surface area contributed by atoms with E-state index in [4.69, 9.17) is 4.74 Å². The molecule has 0 aliphatic heterocycles. The molecule has 0 N–H and O–H groups in total. The van der Waals surface area contributed by atoms with Crippen LogP contribution >= 0.6 is 0 Å². The maximum Gasteiger partial charge on any atom is 0.150 e. The van der Waals surface area contributed by atoms with E-state index in [9.17, 15) is 4.79 Å². The Bertz CT molecular complexity index is 491. The number of carbonyl (C=O) groups is 1. The standard InChI is InChI=1S/C16H16O2/c17-13-15-8-4-10-16(12-15)18-11-5-9-14-6-2-1-3-7-14/h1-4,6-8,10,12-13H,5,9,11H2. The molecule has 0 atom stereocenters. The summed E-state index contributed by atoms with van der Waals surface area (Å²) in [6.07, 6.45) is 2.81. The smallest absolute Gasteiger partial charge is 0.150 e. The van der Waals surface area contributed by atoms with Crippen molar-refractivity contribution >= 4 is 6.29 Å². The minimum atomic E-state index is 0.649. The van der Waals surface area contributed by atoms with E-state index < -0.39 is 0 Å². The number of aryl methyl sites for hydroxylation is 1. The molecule has 0 amide bonds. The summed E-state index contributed by atoms with van der Waals surface area (Å²) in [5, 5.41) is 0. The van der Waals surface area contributed by atoms with Gasteiger partial charge in [0.05, 0.1) is 6.61 Å². The average Bonchev–Trinajstić information content (AvgIpc) is 2.45. The predicted octanol–water partition coefficient (Wildman–Crippen LogP) is 3.51. The maximum absolute atomic E-state index is 10.6. The monoisotopic (exact) mass is 240 g/mol. The highest BCUT2D eigenvalue weighted by Crippen LogP contribution is 2.12. The van der Waals surface area contributed by atoms with Crippen LogP contribution in [0.5, 0.6) is 5.75 Å². The third-order valence-corrected chi connectivity index (χ3v) is 2.72. The zero-order valence-corrected chi connectivity index (χ0v) is 10.2. The van der Waals surface area contributed by atoms with Gasteiger partial charge in [-0.2, -0.15) is 0 Å². The number of carbonyl (C=O) groups excluding carboxylic acids is 1. The van der Waals surface area contributed by atoms with Gasteiger partial charge >= 0.3 is 0 Å². The first-order chi connectivity index (χ1) is 8.88. The lowest BCUT2D eigenvalue weighted by molar-refractivity contribution is 0.112. The second kappa shape index (κ2) is 6.60. The molecule has 2 aromatic carbocycles. The van der Waals surface area contributed by atoms with Crippen molar-refractivity contribution in [3.8, 4) is 5.75 Å². The molecule has 18 heavy (non-hydrogen) atoms. The Hall–Kier alpha value is -2.09. The van der Waals surface area contributed by atoms with Gasteiger partial charge < -0.3 is 4.74 Å². The summed E-state index contributed by atoms with van der Waals surface area (Å²) in [5.74, 6) is 0.757. The minimum absolute atomic E-state index is 0.649. The Kier molecular flexibility index (Phi) is 4.53. The zero-order chi connectivity index (χ0) is 12.6. The second-order valence-electron chi connectivity index (χ2n) is 4.13. The van der Waals surface area contributed by atoms with Gasteiger partial charge in [-0.25, -0.2) is 0 Å². The number of aldehydes is 1. The van der Waals surface area contributed by atoms with Crippen LogP contribution in [0.4, 0.5) is 0 Å². The van der Waals surface area contributed by atoms with E-state index >= 15 is 0 Å². The maximum atomic E-state index is 10.6. The van der Waals surface area contributed by atoms with Crippen molar-refractivity contribution < 1.29 is 9.53 Å². The summed E-state index contributed by atoms with van der Waals surface area (Å²) in [6.45, 7) is 0.664. The number of hydrogen-bond donors (Lipinski definition) is 0. The summed E-state index contributed by atoms with van der Waals surface area (Å²) in [5.41, 5.74) is 1.97. The molecule has 0 saturated carbocycles. The van der Waals surface area contributed by atoms with E-state index in [2.05, 4.69) is 12.1 Å². The largest absolute Gasteiger partial charge is 0.494 e. The Labute approximate surface area is 107 Å². The molecule has 0 aliphatic rings. The van der Waals surface area contributed by atoms with Crippen molar-refractivity contribution in [2.75, 3.05) is 6.61 Å². The lowest BCUT2D eigenvalue weighted by atomic mass is 10.1. The first kappa shape index (κ1) is 12.4. The van der Waals surface area contributed by atoms with E-state index in [0.29, 0.717) is 12.2 Å². The van der Waals surface area contributed by atoms with Crippen LogP contribution in [0.15, 0.2) is 54.6 Å². The van der Waals surface area contributed by atoms with Gasteiger partial charge in [-0.3, -0.25) is 4.79 Å². The molecular weight excluding hydrogens is 224 g/mol. The van der Waals surface area contributed by atoms with Crippen LogP contribution in [0, 0.1) is 0 Å². The highest BCUT2D eigenvalue weighted by molar-refractivity contribution is 5.75. The lowest BCUT2D eigenvalue weighted by Crippen LogP contribution is -1.99. The Morgan fingerprint density at radius 1 is 1.00 bits per heavy atom. The predicted molar refractivity (Wildman–Crippen MR) is 72.1 cm³/mol. The number of benzene rings is 2. The summed E-state index contributed by atoms with van der Waals surface area (Å²) in [6, 6.07) is 17.6. The van der Waals surface area contributed by atoms with Crippen molar-refractivity contribution in [1.29, 1.82) is 0 Å². The Balaban J connectivity index is 1.76. The molecule has 92 valence electrons. The first-order valence-electron chi connectivity index (χ1n) is 6.10. The Morgan fingerprint density at radius 3 is 2.61 bits per heavy atom. The number of ether oxygens (including phenoxy) is 1. The van der Waals surface area contributed by atoms with Crippen LogP contribution in [0.1, 0.15) is 22.3 Å². The van der Waals surface area contributed by atoms with Crippen molar-refractivity contribution in [2.24, 2.45) is 0 Å². The van der Waals surface area contributed by atoms with Crippen LogP contribution in [-0.4, -0.2) is 12.9 Å².